The van der Waals surface area contributed by atoms with Crippen LogP contribution >= 0.6 is 23.2 Å². The number of nitrogens with one attached hydrogen (secondary N) is 1. The Morgan fingerprint density at radius 3 is 2.56 bits per heavy atom. The molecular weight excluding hydrogens is 245 g/mol. The van der Waals surface area contributed by atoms with Crippen molar-refractivity contribution < 1.29 is 5.11 Å². The Balaban J connectivity index is 2.64. The molecule has 1 unspecified atom stereocenters. The van der Waals surface area contributed by atoms with Gasteiger partial charge in [0.2, 0.25) is 0 Å². The van der Waals surface area contributed by atoms with Gasteiger partial charge in [0, 0.05) is 12.6 Å². The highest BCUT2D eigenvalue weighted by molar-refractivity contribution is 6.42. The lowest BCUT2D eigenvalue weighted by Crippen LogP contribution is -2.36. The second kappa shape index (κ2) is 6.45. The molecule has 0 aliphatic heterocycles. The van der Waals surface area contributed by atoms with Crippen LogP contribution in [0.4, 0.5) is 0 Å². The quantitative estimate of drug-likeness (QED) is 0.854. The van der Waals surface area contributed by atoms with Crippen molar-refractivity contribution in [1.29, 1.82) is 0 Å². The van der Waals surface area contributed by atoms with Crippen LogP contribution in [0.2, 0.25) is 10.0 Å². The smallest absolute Gasteiger partial charge is 0.0637 e. The van der Waals surface area contributed by atoms with Crippen molar-refractivity contribution in [3.63, 3.8) is 0 Å². The predicted octanol–water partition coefficient (Wildman–Crippen LogP) is 3.10. The lowest BCUT2D eigenvalue weighted by Gasteiger charge is -2.20. The fourth-order valence-electron chi connectivity index (χ4n) is 1.44. The Morgan fingerprint density at radius 1 is 1.31 bits per heavy atom. The number of aliphatic hydroxyl groups is 1. The first kappa shape index (κ1) is 13.8. The standard InChI is InChI=1S/C12H17Cl2NO/c1-8(2)11(7-16)15-6-9-4-3-5-10(13)12(9)14/h3-5,8,11,15-16H,6-7H2,1-2H3. The Bertz CT molecular complexity index is 342. The minimum Gasteiger partial charge on any atom is -0.395 e. The van der Waals surface area contributed by atoms with Gasteiger partial charge in [0.05, 0.1) is 16.7 Å². The summed E-state index contributed by atoms with van der Waals surface area (Å²) in [5, 5.41) is 13.6. The van der Waals surface area contributed by atoms with Gasteiger partial charge < -0.3 is 10.4 Å². The highest BCUT2D eigenvalue weighted by Crippen LogP contribution is 2.25. The molecule has 4 heteroatoms. The highest BCUT2D eigenvalue weighted by atomic mass is 35.5. The topological polar surface area (TPSA) is 32.3 Å². The maximum Gasteiger partial charge on any atom is 0.0637 e. The maximum absolute atomic E-state index is 9.18. The van der Waals surface area contributed by atoms with E-state index in [1.54, 1.807) is 6.07 Å². The minimum atomic E-state index is 0.0787. The van der Waals surface area contributed by atoms with Crippen LogP contribution in [-0.2, 0) is 6.54 Å². The molecule has 0 aliphatic carbocycles. The summed E-state index contributed by atoms with van der Waals surface area (Å²) in [5.74, 6) is 0.378. The summed E-state index contributed by atoms with van der Waals surface area (Å²) in [4.78, 5) is 0. The van der Waals surface area contributed by atoms with Gasteiger partial charge in [-0.05, 0) is 17.5 Å². The zero-order valence-corrected chi connectivity index (χ0v) is 11.0. The van der Waals surface area contributed by atoms with E-state index in [-0.39, 0.29) is 12.6 Å². The minimum absolute atomic E-state index is 0.0787. The van der Waals surface area contributed by atoms with Crippen LogP contribution < -0.4 is 5.32 Å². The largest absolute Gasteiger partial charge is 0.395 e. The number of halogens is 2. The van der Waals surface area contributed by atoms with Crippen molar-refractivity contribution in [2.75, 3.05) is 6.61 Å². The van der Waals surface area contributed by atoms with E-state index in [0.717, 1.165) is 5.56 Å². The monoisotopic (exact) mass is 261 g/mol. The molecule has 1 aromatic carbocycles. The van der Waals surface area contributed by atoms with Gasteiger partial charge in [-0.25, -0.2) is 0 Å². The zero-order valence-electron chi connectivity index (χ0n) is 9.50. The first-order valence-electron chi connectivity index (χ1n) is 5.33. The average molecular weight is 262 g/mol. The first-order chi connectivity index (χ1) is 7.56. The maximum atomic E-state index is 9.18. The molecule has 2 nitrogen and oxygen atoms in total. The van der Waals surface area contributed by atoms with Crippen molar-refractivity contribution in [3.05, 3.63) is 33.8 Å². The van der Waals surface area contributed by atoms with Crippen LogP contribution in [0.25, 0.3) is 0 Å². The van der Waals surface area contributed by atoms with E-state index in [0.29, 0.717) is 22.5 Å². The second-order valence-electron chi connectivity index (χ2n) is 4.13. The summed E-state index contributed by atoms with van der Waals surface area (Å²) in [6, 6.07) is 5.64. The summed E-state index contributed by atoms with van der Waals surface area (Å²) in [6.45, 7) is 4.86. The number of benzene rings is 1. The Morgan fingerprint density at radius 2 is 2.00 bits per heavy atom. The summed E-state index contributed by atoms with van der Waals surface area (Å²) < 4.78 is 0. The van der Waals surface area contributed by atoms with E-state index >= 15 is 0 Å². The number of aliphatic hydroxyl groups excluding tert-OH is 1. The number of hydrogen-bond acceptors (Lipinski definition) is 2. The average Bonchev–Trinajstić information content (AvgIpc) is 2.24. The Kier molecular flexibility index (Phi) is 5.56. The van der Waals surface area contributed by atoms with Crippen LogP contribution in [0.1, 0.15) is 19.4 Å². The first-order valence-corrected chi connectivity index (χ1v) is 6.09. The molecule has 0 spiro atoms. The molecule has 2 N–H and O–H groups in total. The normalized spacial score (nSPS) is 13.1. The number of rotatable bonds is 5. The summed E-state index contributed by atoms with van der Waals surface area (Å²) in [6.07, 6.45) is 0. The van der Waals surface area contributed by atoms with Gasteiger partial charge >= 0.3 is 0 Å². The molecule has 0 radical (unpaired) electrons. The Hall–Kier alpha value is -0.280. The van der Waals surface area contributed by atoms with E-state index in [4.69, 9.17) is 23.2 Å². The van der Waals surface area contributed by atoms with Gasteiger partial charge in [0.15, 0.2) is 0 Å². The van der Waals surface area contributed by atoms with E-state index < -0.39 is 0 Å². The van der Waals surface area contributed by atoms with Gasteiger partial charge in [-0.2, -0.15) is 0 Å². The SMILES string of the molecule is CC(C)C(CO)NCc1cccc(Cl)c1Cl. The van der Waals surface area contributed by atoms with Gasteiger partial charge in [-0.15, -0.1) is 0 Å². The van der Waals surface area contributed by atoms with E-state index in [9.17, 15) is 5.11 Å². The lowest BCUT2D eigenvalue weighted by atomic mass is 10.1. The molecule has 0 heterocycles. The highest BCUT2D eigenvalue weighted by Gasteiger charge is 2.12. The molecule has 0 bridgehead atoms. The molecule has 1 atom stereocenters. The third-order valence-electron chi connectivity index (χ3n) is 2.59. The third-order valence-corrected chi connectivity index (χ3v) is 3.45. The fraction of sp³-hybridized carbons (Fsp3) is 0.500. The Labute approximate surface area is 107 Å². The van der Waals surface area contributed by atoms with Gasteiger partial charge in [-0.1, -0.05) is 49.2 Å². The molecule has 1 rings (SSSR count). The van der Waals surface area contributed by atoms with E-state index in [2.05, 4.69) is 19.2 Å². The zero-order chi connectivity index (χ0) is 12.1. The van der Waals surface area contributed by atoms with E-state index in [1.807, 2.05) is 12.1 Å². The van der Waals surface area contributed by atoms with Crippen LogP contribution in [0, 0.1) is 5.92 Å². The van der Waals surface area contributed by atoms with Crippen LogP contribution in [0.5, 0.6) is 0 Å². The summed E-state index contributed by atoms with van der Waals surface area (Å²) in [5.41, 5.74) is 0.952. The molecule has 90 valence electrons. The number of hydrogen-bond donors (Lipinski definition) is 2. The molecule has 0 aromatic heterocycles. The molecule has 0 aliphatic rings. The summed E-state index contributed by atoms with van der Waals surface area (Å²) >= 11 is 12.0. The predicted molar refractivity (Wildman–Crippen MR) is 69.0 cm³/mol. The lowest BCUT2D eigenvalue weighted by molar-refractivity contribution is 0.210. The molecule has 0 saturated carbocycles. The molecule has 1 aromatic rings. The van der Waals surface area contributed by atoms with Crippen LogP contribution in [0.3, 0.4) is 0 Å². The van der Waals surface area contributed by atoms with Gasteiger partial charge in [-0.3, -0.25) is 0 Å². The molecule has 0 fully saturated rings. The third kappa shape index (κ3) is 3.63. The molecular formula is C12H17Cl2NO. The van der Waals surface area contributed by atoms with Crippen molar-refractivity contribution in [2.24, 2.45) is 5.92 Å². The molecule has 0 amide bonds. The summed E-state index contributed by atoms with van der Waals surface area (Å²) in [7, 11) is 0. The van der Waals surface area contributed by atoms with Crippen LogP contribution in [-0.4, -0.2) is 17.8 Å². The second-order valence-corrected chi connectivity index (χ2v) is 4.91. The van der Waals surface area contributed by atoms with Gasteiger partial charge in [0.1, 0.15) is 0 Å². The van der Waals surface area contributed by atoms with Crippen molar-refractivity contribution in [3.8, 4) is 0 Å². The molecule has 16 heavy (non-hydrogen) atoms. The van der Waals surface area contributed by atoms with Crippen molar-refractivity contribution >= 4 is 23.2 Å². The van der Waals surface area contributed by atoms with Crippen molar-refractivity contribution in [1.82, 2.24) is 5.32 Å². The van der Waals surface area contributed by atoms with Crippen LogP contribution in [0.15, 0.2) is 18.2 Å². The van der Waals surface area contributed by atoms with E-state index in [1.165, 1.54) is 0 Å². The van der Waals surface area contributed by atoms with Crippen molar-refractivity contribution in [2.45, 2.75) is 26.4 Å². The van der Waals surface area contributed by atoms with Gasteiger partial charge in [0.25, 0.3) is 0 Å². The molecule has 0 saturated heterocycles. The fourth-order valence-corrected chi connectivity index (χ4v) is 1.82.